The quantitative estimate of drug-likeness (QED) is 0.378. The third kappa shape index (κ3) is 4.76. The van der Waals surface area contributed by atoms with Crippen molar-refractivity contribution in [2.24, 2.45) is 0 Å². The number of hydrogen-bond donors (Lipinski definition) is 0. The molecule has 0 aromatic heterocycles. The number of benzene rings is 2. The van der Waals surface area contributed by atoms with E-state index in [1.165, 1.54) is 0 Å². The van der Waals surface area contributed by atoms with Gasteiger partial charge in [0.2, 0.25) is 0 Å². The Hall–Kier alpha value is -3.15. The lowest BCUT2D eigenvalue weighted by Gasteiger charge is -2.13. The Morgan fingerprint density at radius 3 is 2.32 bits per heavy atom. The number of carbonyl (C=O) groups is 3. The number of esters is 1. The first kappa shape index (κ1) is 19.6. The largest absolute Gasteiger partial charge is 0.494 e. The van der Waals surface area contributed by atoms with Gasteiger partial charge in [0, 0.05) is 6.42 Å². The molecule has 0 spiro atoms. The highest BCUT2D eigenvalue weighted by Crippen LogP contribution is 2.22. The molecule has 2 aromatic rings. The molecule has 0 radical (unpaired) electrons. The average Bonchev–Trinajstić information content (AvgIpc) is 2.93. The van der Waals surface area contributed by atoms with Gasteiger partial charge in [-0.2, -0.15) is 0 Å². The molecule has 1 aliphatic heterocycles. The summed E-state index contributed by atoms with van der Waals surface area (Å²) in [6.45, 7) is 2.61. The minimum Gasteiger partial charge on any atom is -0.494 e. The average molecular weight is 381 g/mol. The van der Waals surface area contributed by atoms with Crippen LogP contribution in [-0.4, -0.2) is 42.4 Å². The standard InChI is InChI=1S/C22H23NO5/c1-16-7-6-8-17(15-16)27-13-5-4-11-20(24)28-14-12-23-21(25)18-9-2-3-10-19(18)22(23)26/h2-3,6-10,15H,4-5,11-14H2,1H3. The normalized spacial score (nSPS) is 12.8. The molecule has 0 saturated carbocycles. The van der Waals surface area contributed by atoms with Gasteiger partial charge in [-0.15, -0.1) is 0 Å². The Morgan fingerprint density at radius 1 is 0.929 bits per heavy atom. The van der Waals surface area contributed by atoms with E-state index in [1.54, 1.807) is 24.3 Å². The first-order valence-corrected chi connectivity index (χ1v) is 9.36. The number of ether oxygens (including phenoxy) is 2. The van der Waals surface area contributed by atoms with Gasteiger partial charge in [-0.1, -0.05) is 24.3 Å². The van der Waals surface area contributed by atoms with Crippen LogP contribution in [0, 0.1) is 6.92 Å². The van der Waals surface area contributed by atoms with Gasteiger partial charge in [-0.3, -0.25) is 19.3 Å². The molecule has 0 saturated heterocycles. The van der Waals surface area contributed by atoms with Crippen molar-refractivity contribution in [3.05, 3.63) is 65.2 Å². The molecule has 0 atom stereocenters. The number of rotatable bonds is 9. The second-order valence-electron chi connectivity index (χ2n) is 6.65. The highest BCUT2D eigenvalue weighted by atomic mass is 16.5. The van der Waals surface area contributed by atoms with Crippen molar-refractivity contribution >= 4 is 17.8 Å². The third-order valence-corrected chi connectivity index (χ3v) is 4.49. The van der Waals surface area contributed by atoms with Gasteiger partial charge in [0.05, 0.1) is 24.3 Å². The van der Waals surface area contributed by atoms with Gasteiger partial charge in [0.15, 0.2) is 0 Å². The molecule has 6 nitrogen and oxygen atoms in total. The van der Waals surface area contributed by atoms with E-state index in [4.69, 9.17) is 9.47 Å². The summed E-state index contributed by atoms with van der Waals surface area (Å²) in [6, 6.07) is 14.5. The van der Waals surface area contributed by atoms with Crippen LogP contribution in [0.3, 0.4) is 0 Å². The zero-order chi connectivity index (χ0) is 19.9. The lowest BCUT2D eigenvalue weighted by atomic mass is 10.1. The lowest BCUT2D eigenvalue weighted by molar-refractivity contribution is -0.144. The van der Waals surface area contributed by atoms with Crippen LogP contribution in [0.1, 0.15) is 45.5 Å². The fourth-order valence-electron chi connectivity index (χ4n) is 3.03. The summed E-state index contributed by atoms with van der Waals surface area (Å²) in [5.74, 6) is -0.203. The van der Waals surface area contributed by atoms with E-state index in [0.29, 0.717) is 24.2 Å². The Balaban J connectivity index is 1.31. The molecule has 0 unspecified atom stereocenters. The van der Waals surface area contributed by atoms with Gasteiger partial charge < -0.3 is 9.47 Å². The van der Waals surface area contributed by atoms with E-state index in [9.17, 15) is 14.4 Å². The van der Waals surface area contributed by atoms with E-state index in [0.717, 1.165) is 22.6 Å². The fraction of sp³-hybridized carbons (Fsp3) is 0.318. The SMILES string of the molecule is Cc1cccc(OCCCCC(=O)OCCN2C(=O)c3ccccc3C2=O)c1. The molecule has 0 bridgehead atoms. The second kappa shape index (κ2) is 9.17. The summed E-state index contributed by atoms with van der Waals surface area (Å²) < 4.78 is 10.8. The summed E-state index contributed by atoms with van der Waals surface area (Å²) in [7, 11) is 0. The van der Waals surface area contributed by atoms with Crippen LogP contribution in [0.25, 0.3) is 0 Å². The number of carbonyl (C=O) groups excluding carboxylic acids is 3. The zero-order valence-corrected chi connectivity index (χ0v) is 15.8. The Kier molecular flexibility index (Phi) is 6.42. The van der Waals surface area contributed by atoms with Crippen molar-refractivity contribution in [2.75, 3.05) is 19.8 Å². The fourth-order valence-corrected chi connectivity index (χ4v) is 3.03. The number of imide groups is 1. The van der Waals surface area contributed by atoms with Crippen molar-refractivity contribution in [3.8, 4) is 5.75 Å². The minimum absolute atomic E-state index is 0.00406. The van der Waals surface area contributed by atoms with E-state index < -0.39 is 0 Å². The monoisotopic (exact) mass is 381 g/mol. The van der Waals surface area contributed by atoms with Crippen molar-refractivity contribution in [1.29, 1.82) is 0 Å². The molecule has 0 fully saturated rings. The van der Waals surface area contributed by atoms with Crippen molar-refractivity contribution in [3.63, 3.8) is 0 Å². The second-order valence-corrected chi connectivity index (χ2v) is 6.65. The molecule has 0 aliphatic carbocycles. The number of amides is 2. The number of aryl methyl sites for hydroxylation is 1. The topological polar surface area (TPSA) is 72.9 Å². The van der Waals surface area contributed by atoms with Gasteiger partial charge in [-0.05, 0) is 49.6 Å². The van der Waals surface area contributed by atoms with Crippen LogP contribution in [0.5, 0.6) is 5.75 Å². The van der Waals surface area contributed by atoms with E-state index in [2.05, 4.69) is 0 Å². The summed E-state index contributed by atoms with van der Waals surface area (Å²) in [6.07, 6.45) is 1.67. The summed E-state index contributed by atoms with van der Waals surface area (Å²) in [5, 5.41) is 0. The van der Waals surface area contributed by atoms with Crippen LogP contribution in [-0.2, 0) is 9.53 Å². The molecule has 1 heterocycles. The highest BCUT2D eigenvalue weighted by molar-refractivity contribution is 6.21. The summed E-state index contributed by atoms with van der Waals surface area (Å²) >= 11 is 0. The first-order chi connectivity index (χ1) is 13.6. The maximum atomic E-state index is 12.2. The Bertz CT molecular complexity index is 842. The van der Waals surface area contributed by atoms with E-state index in [-0.39, 0.29) is 37.4 Å². The molecule has 28 heavy (non-hydrogen) atoms. The van der Waals surface area contributed by atoms with E-state index >= 15 is 0 Å². The van der Waals surface area contributed by atoms with Crippen molar-refractivity contribution in [2.45, 2.75) is 26.2 Å². The van der Waals surface area contributed by atoms with Crippen molar-refractivity contribution in [1.82, 2.24) is 4.90 Å². The molecular formula is C22H23NO5. The summed E-state index contributed by atoms with van der Waals surface area (Å²) in [4.78, 5) is 37.4. The van der Waals surface area contributed by atoms with Crippen molar-refractivity contribution < 1.29 is 23.9 Å². The Labute approximate surface area is 164 Å². The number of nitrogens with zero attached hydrogens (tertiary/aromatic N) is 1. The molecule has 2 amide bonds. The van der Waals surface area contributed by atoms with Gasteiger partial charge >= 0.3 is 5.97 Å². The predicted octanol–water partition coefficient (Wildman–Crippen LogP) is 3.38. The number of unbranched alkanes of at least 4 members (excludes halogenated alkanes) is 1. The molecule has 3 rings (SSSR count). The molecule has 1 aliphatic rings. The van der Waals surface area contributed by atoms with Crippen LogP contribution in [0.4, 0.5) is 0 Å². The molecule has 146 valence electrons. The smallest absolute Gasteiger partial charge is 0.305 e. The molecular weight excluding hydrogens is 358 g/mol. The minimum atomic E-state index is -0.343. The first-order valence-electron chi connectivity index (χ1n) is 9.36. The summed E-state index contributed by atoms with van der Waals surface area (Å²) in [5.41, 5.74) is 1.93. The number of hydrogen-bond acceptors (Lipinski definition) is 5. The van der Waals surface area contributed by atoms with Crippen LogP contribution in [0.15, 0.2) is 48.5 Å². The molecule has 0 N–H and O–H groups in total. The maximum Gasteiger partial charge on any atom is 0.305 e. The molecule has 6 heteroatoms. The van der Waals surface area contributed by atoms with Crippen LogP contribution in [0.2, 0.25) is 0 Å². The zero-order valence-electron chi connectivity index (χ0n) is 15.8. The lowest BCUT2D eigenvalue weighted by Crippen LogP contribution is -2.33. The van der Waals surface area contributed by atoms with Gasteiger partial charge in [-0.25, -0.2) is 0 Å². The Morgan fingerprint density at radius 2 is 1.64 bits per heavy atom. The molecule has 2 aromatic carbocycles. The predicted molar refractivity (Wildman–Crippen MR) is 103 cm³/mol. The van der Waals surface area contributed by atoms with Gasteiger partial charge in [0.1, 0.15) is 12.4 Å². The highest BCUT2D eigenvalue weighted by Gasteiger charge is 2.34. The number of fused-ring (bicyclic) bond motifs is 1. The van der Waals surface area contributed by atoms with Crippen LogP contribution >= 0.6 is 0 Å². The third-order valence-electron chi connectivity index (χ3n) is 4.49. The van der Waals surface area contributed by atoms with Gasteiger partial charge in [0.25, 0.3) is 11.8 Å². The van der Waals surface area contributed by atoms with Crippen LogP contribution < -0.4 is 4.74 Å². The maximum absolute atomic E-state index is 12.2. The van der Waals surface area contributed by atoms with E-state index in [1.807, 2.05) is 31.2 Å².